The highest BCUT2D eigenvalue weighted by Gasteiger charge is 2.36. The first kappa shape index (κ1) is 33.1. The fraction of sp³-hybridized carbons (Fsp3) is 0.609. The maximum atomic E-state index is 10.6. The van der Waals surface area contributed by atoms with Gasteiger partial charge in [0.1, 0.15) is 11.4 Å². The summed E-state index contributed by atoms with van der Waals surface area (Å²) in [6, 6.07) is 7.16. The number of carbonyl (C=O) groups excluding carboxylic acids is 1. The Morgan fingerprint density at radius 3 is 2.09 bits per heavy atom. The van der Waals surface area contributed by atoms with E-state index in [1.54, 1.807) is 12.1 Å². The molecular weight excluding hydrogens is 459 g/mol. The second-order valence-electron chi connectivity index (χ2n) is 7.98. The Kier molecular flexibility index (Phi) is 15.8. The van der Waals surface area contributed by atoms with Crippen LogP contribution in [0.2, 0.25) is 0 Å². The molecule has 0 aliphatic carbocycles. The summed E-state index contributed by atoms with van der Waals surface area (Å²) in [6.07, 6.45) is -0.522. The molecule has 6 nitrogen and oxygen atoms in total. The molecule has 1 aromatic carbocycles. The average Bonchev–Trinajstić information content (AvgIpc) is 2.66. The van der Waals surface area contributed by atoms with Gasteiger partial charge in [-0.1, -0.05) is 45.5 Å². The predicted molar refractivity (Wildman–Crippen MR) is 127 cm³/mol. The normalized spacial score (nSPS) is 19.9. The number of methoxy groups -OCH3 is 1. The number of hydrogen-bond donors (Lipinski definition) is 3. The molecule has 1 aromatic rings. The van der Waals surface area contributed by atoms with E-state index in [2.05, 4.69) is 30.9 Å². The van der Waals surface area contributed by atoms with Gasteiger partial charge in [-0.25, -0.2) is 0 Å². The molecule has 0 bridgehead atoms. The third-order valence-corrected chi connectivity index (χ3v) is 4.07. The molecule has 192 valence electrons. The standard InChI is InChI=1S/C18H27NO3.C2H4O2.C2H6.CHF3S/c1-12-10-19(13(2)22-18(3,4)5)11-16(21)17(12)14-7-6-8-15(20)9-14;1-4-2-3;1-2;2-1(3,4)5/h6-9,12,16-17,20-21H,2,10-11H2,1,3-5H3;2H,1H3;1-2H3;5H/t12?,16?,17-;;;/m0.../s1. The molecule has 1 heterocycles. The van der Waals surface area contributed by atoms with E-state index in [0.29, 0.717) is 18.9 Å². The number of β-amino-alcohol motifs (C(OH)–C–C–N with tert-alkyl or cyclic N) is 1. The number of aliphatic hydroxyl groups is 1. The largest absolute Gasteiger partial charge is 0.508 e. The Labute approximate surface area is 200 Å². The smallest absolute Gasteiger partial charge is 0.438 e. The molecule has 1 aliphatic heterocycles. The number of likely N-dealkylation sites (tertiary alicyclic amines) is 1. The molecule has 0 aromatic heterocycles. The van der Waals surface area contributed by atoms with Crippen molar-refractivity contribution in [3.05, 3.63) is 42.3 Å². The number of phenols is 1. The van der Waals surface area contributed by atoms with E-state index in [1.807, 2.05) is 51.7 Å². The lowest BCUT2D eigenvalue weighted by molar-refractivity contribution is -0.126. The van der Waals surface area contributed by atoms with Crippen molar-refractivity contribution in [2.75, 3.05) is 20.2 Å². The number of benzene rings is 1. The minimum absolute atomic E-state index is 0.00536. The van der Waals surface area contributed by atoms with Crippen LogP contribution < -0.4 is 0 Å². The van der Waals surface area contributed by atoms with E-state index in [4.69, 9.17) is 9.53 Å². The Bertz CT molecular complexity index is 677. The quantitative estimate of drug-likeness (QED) is 0.297. The first-order chi connectivity index (χ1) is 15.1. The summed E-state index contributed by atoms with van der Waals surface area (Å²) in [4.78, 5) is 11.0. The summed E-state index contributed by atoms with van der Waals surface area (Å²) in [5, 5.41) is 20.2. The summed E-state index contributed by atoms with van der Waals surface area (Å²) in [6.45, 7) is 17.7. The van der Waals surface area contributed by atoms with Gasteiger partial charge in [0, 0.05) is 19.0 Å². The minimum Gasteiger partial charge on any atom is -0.508 e. The van der Waals surface area contributed by atoms with Gasteiger partial charge >= 0.3 is 5.51 Å². The van der Waals surface area contributed by atoms with E-state index < -0.39 is 11.6 Å². The minimum atomic E-state index is -4.31. The third-order valence-electron chi connectivity index (χ3n) is 4.07. The first-order valence-corrected chi connectivity index (χ1v) is 10.9. The molecule has 0 amide bonds. The van der Waals surface area contributed by atoms with Crippen molar-refractivity contribution in [3.63, 3.8) is 0 Å². The number of hydrogen-bond acceptors (Lipinski definition) is 7. The number of alkyl halides is 3. The van der Waals surface area contributed by atoms with Crippen LogP contribution in [-0.2, 0) is 14.3 Å². The zero-order valence-corrected chi connectivity index (χ0v) is 21.3. The second kappa shape index (κ2) is 15.7. The lowest BCUT2D eigenvalue weighted by atomic mass is 9.79. The number of aromatic hydroxyl groups is 1. The topological polar surface area (TPSA) is 79.2 Å². The van der Waals surface area contributed by atoms with E-state index in [-0.39, 0.29) is 23.2 Å². The molecule has 1 fully saturated rings. The van der Waals surface area contributed by atoms with Crippen molar-refractivity contribution in [3.8, 4) is 5.75 Å². The SMILES string of the molecule is C=C(OC(C)(C)C)N1CC(C)[C@@H](c2cccc(O)c2)C(O)C1.CC.COC=O.FC(F)(F)S. The lowest BCUT2D eigenvalue weighted by Crippen LogP contribution is -2.47. The molecule has 10 heteroatoms. The molecule has 2 rings (SSSR count). The first-order valence-electron chi connectivity index (χ1n) is 10.4. The van der Waals surface area contributed by atoms with Gasteiger partial charge in [-0.15, -0.1) is 0 Å². The van der Waals surface area contributed by atoms with Crippen LogP contribution in [0.15, 0.2) is 36.7 Å². The predicted octanol–water partition coefficient (Wildman–Crippen LogP) is 5.33. The van der Waals surface area contributed by atoms with Crippen molar-refractivity contribution in [1.29, 1.82) is 0 Å². The zero-order chi connectivity index (χ0) is 26.4. The monoisotopic (exact) mass is 497 g/mol. The molecule has 33 heavy (non-hydrogen) atoms. The Morgan fingerprint density at radius 1 is 1.24 bits per heavy atom. The van der Waals surface area contributed by atoms with Gasteiger partial charge in [-0.05, 0) is 51.0 Å². The van der Waals surface area contributed by atoms with Crippen molar-refractivity contribution in [1.82, 2.24) is 4.90 Å². The number of halogens is 3. The summed E-state index contributed by atoms with van der Waals surface area (Å²) < 4.78 is 40.3. The fourth-order valence-corrected chi connectivity index (χ4v) is 3.16. The van der Waals surface area contributed by atoms with Crippen molar-refractivity contribution in [2.24, 2.45) is 5.92 Å². The van der Waals surface area contributed by atoms with Crippen LogP contribution in [0, 0.1) is 5.92 Å². The average molecular weight is 498 g/mol. The lowest BCUT2D eigenvalue weighted by Gasteiger charge is -2.43. The molecule has 0 radical (unpaired) electrons. The maximum absolute atomic E-state index is 10.6. The third kappa shape index (κ3) is 16.2. The van der Waals surface area contributed by atoms with Gasteiger partial charge in [0.05, 0.1) is 13.2 Å². The number of carbonyl (C=O) groups is 1. The summed E-state index contributed by atoms with van der Waals surface area (Å²) >= 11 is 2.12. The van der Waals surface area contributed by atoms with Gasteiger partial charge < -0.3 is 24.6 Å². The highest BCUT2D eigenvalue weighted by Crippen LogP contribution is 2.35. The molecule has 2 N–H and O–H groups in total. The number of ether oxygens (including phenoxy) is 2. The van der Waals surface area contributed by atoms with Crippen LogP contribution >= 0.6 is 12.6 Å². The van der Waals surface area contributed by atoms with Crippen LogP contribution in [0.1, 0.15) is 53.0 Å². The van der Waals surface area contributed by atoms with E-state index in [1.165, 1.54) is 7.11 Å². The van der Waals surface area contributed by atoms with E-state index in [9.17, 15) is 23.4 Å². The van der Waals surface area contributed by atoms with Crippen LogP contribution in [0.3, 0.4) is 0 Å². The number of thiol groups is 1. The van der Waals surface area contributed by atoms with Gasteiger partial charge in [-0.3, -0.25) is 4.79 Å². The molecule has 1 saturated heterocycles. The zero-order valence-electron chi connectivity index (χ0n) is 20.4. The van der Waals surface area contributed by atoms with Gasteiger partial charge in [0.15, 0.2) is 5.88 Å². The molecule has 0 spiro atoms. The second-order valence-corrected chi connectivity index (χ2v) is 8.49. The number of piperidine rings is 1. The summed E-state index contributed by atoms with van der Waals surface area (Å²) in [5.41, 5.74) is -3.63. The summed E-state index contributed by atoms with van der Waals surface area (Å²) in [5.74, 6) is 1.07. The van der Waals surface area contributed by atoms with Gasteiger partial charge in [-0.2, -0.15) is 13.2 Å². The number of aliphatic hydroxyl groups excluding tert-OH is 1. The number of phenolic OH excluding ortho intramolecular Hbond substituents is 1. The molecule has 0 saturated carbocycles. The highest BCUT2D eigenvalue weighted by atomic mass is 32.1. The van der Waals surface area contributed by atoms with Crippen LogP contribution in [0.4, 0.5) is 13.2 Å². The van der Waals surface area contributed by atoms with Gasteiger partial charge in [0.2, 0.25) is 0 Å². The Hall–Kier alpha value is -2.07. The van der Waals surface area contributed by atoms with Gasteiger partial charge in [0.25, 0.3) is 6.47 Å². The maximum Gasteiger partial charge on any atom is 0.438 e. The molecular formula is C23H38F3NO5S. The highest BCUT2D eigenvalue weighted by molar-refractivity contribution is 7.81. The fourth-order valence-electron chi connectivity index (χ4n) is 3.16. The van der Waals surface area contributed by atoms with Crippen LogP contribution in [-0.4, -0.2) is 59.0 Å². The van der Waals surface area contributed by atoms with E-state index in [0.717, 1.165) is 12.1 Å². The Balaban J connectivity index is 0. The van der Waals surface area contributed by atoms with Crippen molar-refractivity contribution in [2.45, 2.75) is 64.7 Å². The summed E-state index contributed by atoms with van der Waals surface area (Å²) in [7, 11) is 1.31. The van der Waals surface area contributed by atoms with Crippen molar-refractivity contribution >= 4 is 19.1 Å². The van der Waals surface area contributed by atoms with Crippen LogP contribution in [0.5, 0.6) is 5.75 Å². The molecule has 2 unspecified atom stereocenters. The van der Waals surface area contributed by atoms with Crippen molar-refractivity contribution < 1.29 is 37.7 Å². The number of nitrogens with zero attached hydrogens (tertiary/aromatic N) is 1. The molecule has 1 aliphatic rings. The number of rotatable bonds is 4. The molecule has 3 atom stereocenters. The van der Waals surface area contributed by atoms with Crippen LogP contribution in [0.25, 0.3) is 0 Å². The van der Waals surface area contributed by atoms with E-state index >= 15 is 0 Å². The Morgan fingerprint density at radius 2 is 1.73 bits per heavy atom.